The summed E-state index contributed by atoms with van der Waals surface area (Å²) in [7, 11) is 0. The molecule has 28 heavy (non-hydrogen) atoms. The van der Waals surface area contributed by atoms with E-state index in [0.29, 0.717) is 11.6 Å². The van der Waals surface area contributed by atoms with Crippen molar-refractivity contribution in [2.45, 2.75) is 18.8 Å². The molecule has 2 aromatic rings. The fraction of sp³-hybridized carbons (Fsp3) is 0.421. The predicted octanol–water partition coefficient (Wildman–Crippen LogP) is 2.02. The molecule has 2 aliphatic rings. The lowest BCUT2D eigenvalue weighted by molar-refractivity contribution is -0.384. The number of hydrogen-bond donors (Lipinski definition) is 1. The van der Waals surface area contributed by atoms with Crippen molar-refractivity contribution in [3.63, 3.8) is 0 Å². The molecule has 1 saturated carbocycles. The molecule has 0 spiro atoms. The van der Waals surface area contributed by atoms with Crippen LogP contribution < -0.4 is 10.2 Å². The molecule has 9 heteroatoms. The van der Waals surface area contributed by atoms with E-state index in [4.69, 9.17) is 0 Å². The topological polar surface area (TPSA) is 104 Å². The fourth-order valence-corrected chi connectivity index (χ4v) is 3.37. The molecule has 1 N–H and O–H groups in total. The zero-order chi connectivity index (χ0) is 19.5. The Morgan fingerprint density at radius 2 is 1.96 bits per heavy atom. The maximum absolute atomic E-state index is 12.3. The average Bonchev–Trinajstić information content (AvgIpc) is 3.54. The molecule has 9 nitrogen and oxygen atoms in total. The highest BCUT2D eigenvalue weighted by atomic mass is 16.6. The second kappa shape index (κ2) is 7.89. The molecule has 0 radical (unpaired) electrons. The number of aromatic nitrogens is 2. The van der Waals surface area contributed by atoms with E-state index in [1.165, 1.54) is 25.0 Å². The number of rotatable bonds is 6. The smallest absolute Gasteiger partial charge is 0.271 e. The van der Waals surface area contributed by atoms with Crippen LogP contribution in [0.25, 0.3) is 0 Å². The number of amides is 1. The monoisotopic (exact) mass is 382 g/mol. The third-order valence-corrected chi connectivity index (χ3v) is 5.07. The van der Waals surface area contributed by atoms with E-state index in [-0.39, 0.29) is 18.1 Å². The van der Waals surface area contributed by atoms with Crippen molar-refractivity contribution in [2.24, 2.45) is 0 Å². The minimum Gasteiger partial charge on any atom is -0.354 e. The Labute approximate surface area is 162 Å². The highest BCUT2D eigenvalue weighted by Crippen LogP contribution is 2.39. The van der Waals surface area contributed by atoms with Crippen molar-refractivity contribution < 1.29 is 9.72 Å². The molecule has 0 unspecified atom stereocenters. The highest BCUT2D eigenvalue weighted by molar-refractivity contribution is 5.92. The zero-order valence-corrected chi connectivity index (χ0v) is 15.5. The quantitative estimate of drug-likeness (QED) is 0.602. The number of non-ortho nitro benzene ring substituents is 1. The summed E-state index contributed by atoms with van der Waals surface area (Å²) in [6, 6.07) is 8.06. The van der Waals surface area contributed by atoms with Crippen LogP contribution in [0.4, 0.5) is 17.2 Å². The van der Waals surface area contributed by atoms with E-state index in [9.17, 15) is 14.9 Å². The first kappa shape index (κ1) is 18.3. The van der Waals surface area contributed by atoms with Crippen molar-refractivity contribution in [1.82, 2.24) is 14.9 Å². The normalized spacial score (nSPS) is 17.4. The second-order valence-electron chi connectivity index (χ2n) is 7.19. The summed E-state index contributed by atoms with van der Waals surface area (Å²) in [4.78, 5) is 35.7. The number of nitrogens with zero attached hydrogens (tertiary/aromatic N) is 5. The van der Waals surface area contributed by atoms with Crippen LogP contribution in [0.1, 0.15) is 24.5 Å². The number of anilines is 2. The first-order valence-electron chi connectivity index (χ1n) is 9.42. The number of carbonyl (C=O) groups excluding carboxylic acids is 1. The average molecular weight is 382 g/mol. The van der Waals surface area contributed by atoms with Gasteiger partial charge in [0.15, 0.2) is 0 Å². The molecule has 2 fully saturated rings. The van der Waals surface area contributed by atoms with Gasteiger partial charge in [-0.05, 0) is 18.9 Å². The van der Waals surface area contributed by atoms with Gasteiger partial charge in [0.1, 0.15) is 12.1 Å². The molecular formula is C19H22N6O3. The predicted molar refractivity (Wildman–Crippen MR) is 104 cm³/mol. The van der Waals surface area contributed by atoms with E-state index < -0.39 is 4.92 Å². The van der Waals surface area contributed by atoms with Gasteiger partial charge >= 0.3 is 0 Å². The van der Waals surface area contributed by atoms with E-state index in [1.807, 2.05) is 0 Å². The number of carbonyl (C=O) groups is 1. The lowest BCUT2D eigenvalue weighted by Gasteiger charge is -2.35. The summed E-state index contributed by atoms with van der Waals surface area (Å²) < 4.78 is 0. The SMILES string of the molecule is O=C(CN1CCN(c2cc(C3CC3)ncn2)CC1)Nc1cccc([N+](=O)[O-])c1. The molecule has 146 valence electrons. The third kappa shape index (κ3) is 4.42. The number of nitrogens with one attached hydrogen (secondary N) is 1. The maximum Gasteiger partial charge on any atom is 0.271 e. The van der Waals surface area contributed by atoms with Crippen LogP contribution in [0.3, 0.4) is 0 Å². The van der Waals surface area contributed by atoms with Crippen LogP contribution in [0.5, 0.6) is 0 Å². The summed E-state index contributed by atoms with van der Waals surface area (Å²) in [6.07, 6.45) is 4.07. The molecule has 1 aliphatic carbocycles. The minimum atomic E-state index is -0.476. The van der Waals surface area contributed by atoms with Gasteiger partial charge in [-0.1, -0.05) is 6.07 Å². The van der Waals surface area contributed by atoms with Gasteiger partial charge < -0.3 is 10.2 Å². The Bertz CT molecular complexity index is 877. The van der Waals surface area contributed by atoms with E-state index in [0.717, 1.165) is 37.7 Å². The molecule has 1 aromatic heterocycles. The van der Waals surface area contributed by atoms with Gasteiger partial charge in [0.05, 0.1) is 11.5 Å². The van der Waals surface area contributed by atoms with Gasteiger partial charge in [0.2, 0.25) is 5.91 Å². The van der Waals surface area contributed by atoms with Gasteiger partial charge in [0.25, 0.3) is 5.69 Å². The molecule has 0 atom stereocenters. The summed E-state index contributed by atoms with van der Waals surface area (Å²) in [5, 5.41) is 13.6. The van der Waals surface area contributed by atoms with Gasteiger partial charge in [-0.15, -0.1) is 0 Å². The molecule has 1 saturated heterocycles. The van der Waals surface area contributed by atoms with Crippen molar-refractivity contribution in [3.8, 4) is 0 Å². The van der Waals surface area contributed by atoms with Crippen molar-refractivity contribution in [2.75, 3.05) is 42.9 Å². The zero-order valence-electron chi connectivity index (χ0n) is 15.5. The van der Waals surface area contributed by atoms with Crippen LogP contribution in [0, 0.1) is 10.1 Å². The summed E-state index contributed by atoms with van der Waals surface area (Å²) in [5.74, 6) is 1.38. The van der Waals surface area contributed by atoms with Crippen LogP contribution in [-0.4, -0.2) is 58.4 Å². The largest absolute Gasteiger partial charge is 0.354 e. The molecule has 2 heterocycles. The van der Waals surface area contributed by atoms with Crippen molar-refractivity contribution in [3.05, 3.63) is 52.5 Å². The molecule has 4 rings (SSSR count). The van der Waals surface area contributed by atoms with Gasteiger partial charge in [-0.25, -0.2) is 9.97 Å². The van der Waals surface area contributed by atoms with Crippen LogP contribution in [0.2, 0.25) is 0 Å². The van der Waals surface area contributed by atoms with E-state index in [1.54, 1.807) is 18.5 Å². The number of piperazine rings is 1. The van der Waals surface area contributed by atoms with Gasteiger partial charge in [-0.3, -0.25) is 19.8 Å². The lowest BCUT2D eigenvalue weighted by Crippen LogP contribution is -2.49. The first-order valence-corrected chi connectivity index (χ1v) is 9.42. The van der Waals surface area contributed by atoms with Crippen LogP contribution in [0.15, 0.2) is 36.7 Å². The molecule has 1 aromatic carbocycles. The van der Waals surface area contributed by atoms with Gasteiger partial charge in [0, 0.05) is 61.7 Å². The third-order valence-electron chi connectivity index (χ3n) is 5.07. The minimum absolute atomic E-state index is 0.0400. The number of benzene rings is 1. The maximum atomic E-state index is 12.3. The Morgan fingerprint density at radius 1 is 1.18 bits per heavy atom. The van der Waals surface area contributed by atoms with Crippen molar-refractivity contribution in [1.29, 1.82) is 0 Å². The van der Waals surface area contributed by atoms with E-state index in [2.05, 4.69) is 31.2 Å². The van der Waals surface area contributed by atoms with Crippen LogP contribution >= 0.6 is 0 Å². The Hall–Kier alpha value is -3.07. The van der Waals surface area contributed by atoms with Crippen molar-refractivity contribution >= 4 is 23.1 Å². The lowest BCUT2D eigenvalue weighted by atomic mass is 10.2. The number of nitro benzene ring substituents is 1. The fourth-order valence-electron chi connectivity index (χ4n) is 3.37. The number of hydrogen-bond acceptors (Lipinski definition) is 7. The Kier molecular flexibility index (Phi) is 5.16. The second-order valence-corrected chi connectivity index (χ2v) is 7.19. The highest BCUT2D eigenvalue weighted by Gasteiger charge is 2.26. The molecule has 1 aliphatic heterocycles. The summed E-state index contributed by atoms with van der Waals surface area (Å²) in [5.41, 5.74) is 1.53. The van der Waals surface area contributed by atoms with E-state index >= 15 is 0 Å². The van der Waals surface area contributed by atoms with Crippen LogP contribution in [-0.2, 0) is 4.79 Å². The summed E-state index contributed by atoms with van der Waals surface area (Å²) in [6.45, 7) is 3.36. The Balaban J connectivity index is 1.28. The summed E-state index contributed by atoms with van der Waals surface area (Å²) >= 11 is 0. The molecule has 1 amide bonds. The standard InChI is InChI=1S/C19H22N6O3/c26-19(22-15-2-1-3-16(10-15)25(27)28)12-23-6-8-24(9-7-23)18-11-17(14-4-5-14)20-13-21-18/h1-3,10-11,13-14H,4-9,12H2,(H,22,26). The first-order chi connectivity index (χ1) is 13.6. The van der Waals surface area contributed by atoms with Gasteiger partial charge in [-0.2, -0.15) is 0 Å². The number of nitro groups is 1. The molecule has 0 bridgehead atoms. The Morgan fingerprint density at radius 3 is 2.68 bits per heavy atom. The molecular weight excluding hydrogens is 360 g/mol.